The summed E-state index contributed by atoms with van der Waals surface area (Å²) in [6.45, 7) is 4.67. The third-order valence-corrected chi connectivity index (χ3v) is 4.30. The van der Waals surface area contributed by atoms with Crippen molar-refractivity contribution in [2.24, 2.45) is 0 Å². The summed E-state index contributed by atoms with van der Waals surface area (Å²) in [6.07, 6.45) is 0.531. The second-order valence-electron chi connectivity index (χ2n) is 4.08. The predicted molar refractivity (Wildman–Crippen MR) is 69.8 cm³/mol. The first-order chi connectivity index (χ1) is 7.65. The van der Waals surface area contributed by atoms with Crippen molar-refractivity contribution in [1.82, 2.24) is 10.2 Å². The SMILES string of the molecule is CC1CN(C(=O)Cc2ccc(Br)s2)CCN1. The van der Waals surface area contributed by atoms with Crippen LogP contribution in [-0.4, -0.2) is 36.5 Å². The van der Waals surface area contributed by atoms with E-state index in [-0.39, 0.29) is 5.91 Å². The number of carbonyl (C=O) groups excluding carboxylic acids is 1. The highest BCUT2D eigenvalue weighted by atomic mass is 79.9. The van der Waals surface area contributed by atoms with E-state index in [1.54, 1.807) is 11.3 Å². The Labute approximate surface area is 108 Å². The zero-order chi connectivity index (χ0) is 11.5. The van der Waals surface area contributed by atoms with Crippen LogP contribution in [0, 0.1) is 0 Å². The van der Waals surface area contributed by atoms with Gasteiger partial charge in [0, 0.05) is 30.6 Å². The molecule has 0 spiro atoms. The normalized spacial score (nSPS) is 21.1. The van der Waals surface area contributed by atoms with E-state index in [9.17, 15) is 4.79 Å². The molecular weight excluding hydrogens is 288 g/mol. The molecular formula is C11H15BrN2OS. The van der Waals surface area contributed by atoms with Gasteiger partial charge < -0.3 is 10.2 Å². The van der Waals surface area contributed by atoms with Crippen molar-refractivity contribution in [3.8, 4) is 0 Å². The van der Waals surface area contributed by atoms with Crippen LogP contribution in [0.1, 0.15) is 11.8 Å². The smallest absolute Gasteiger partial charge is 0.227 e. The van der Waals surface area contributed by atoms with E-state index in [1.807, 2.05) is 17.0 Å². The van der Waals surface area contributed by atoms with Crippen molar-refractivity contribution in [2.45, 2.75) is 19.4 Å². The maximum Gasteiger partial charge on any atom is 0.227 e. The topological polar surface area (TPSA) is 32.3 Å². The number of hydrogen-bond donors (Lipinski definition) is 1. The van der Waals surface area contributed by atoms with Crippen LogP contribution in [0.3, 0.4) is 0 Å². The quantitative estimate of drug-likeness (QED) is 0.905. The lowest BCUT2D eigenvalue weighted by Gasteiger charge is -2.31. The Balaban J connectivity index is 1.92. The Hall–Kier alpha value is -0.390. The fourth-order valence-electron chi connectivity index (χ4n) is 1.87. The molecule has 0 aromatic carbocycles. The summed E-state index contributed by atoms with van der Waals surface area (Å²) in [5.41, 5.74) is 0. The van der Waals surface area contributed by atoms with Gasteiger partial charge in [0.1, 0.15) is 0 Å². The standard InChI is InChI=1S/C11H15BrN2OS/c1-8-7-14(5-4-13-8)11(15)6-9-2-3-10(12)16-9/h2-3,8,13H,4-7H2,1H3. The Morgan fingerprint density at radius 1 is 1.69 bits per heavy atom. The van der Waals surface area contributed by atoms with Crippen LogP contribution in [0.25, 0.3) is 0 Å². The fourth-order valence-corrected chi connectivity index (χ4v) is 3.34. The number of carbonyl (C=O) groups is 1. The maximum atomic E-state index is 12.0. The van der Waals surface area contributed by atoms with Gasteiger partial charge in [0.05, 0.1) is 10.2 Å². The Morgan fingerprint density at radius 2 is 2.50 bits per heavy atom. The average Bonchev–Trinajstić information content (AvgIpc) is 2.64. The Morgan fingerprint density at radius 3 is 3.12 bits per heavy atom. The summed E-state index contributed by atoms with van der Waals surface area (Å²) >= 11 is 5.05. The molecule has 1 fully saturated rings. The number of halogens is 1. The summed E-state index contributed by atoms with van der Waals surface area (Å²) < 4.78 is 1.09. The summed E-state index contributed by atoms with van der Waals surface area (Å²) in [7, 11) is 0. The monoisotopic (exact) mass is 302 g/mol. The zero-order valence-electron chi connectivity index (χ0n) is 9.20. The van der Waals surface area contributed by atoms with E-state index in [2.05, 4.69) is 28.2 Å². The minimum atomic E-state index is 0.239. The van der Waals surface area contributed by atoms with Gasteiger partial charge in [-0.05, 0) is 35.0 Å². The second-order valence-corrected chi connectivity index (χ2v) is 6.63. The lowest BCUT2D eigenvalue weighted by molar-refractivity contribution is -0.131. The molecule has 2 heterocycles. The summed E-state index contributed by atoms with van der Waals surface area (Å²) in [4.78, 5) is 15.1. The second kappa shape index (κ2) is 5.29. The van der Waals surface area contributed by atoms with E-state index in [0.29, 0.717) is 12.5 Å². The Kier molecular flexibility index (Phi) is 4.00. The first-order valence-corrected chi connectivity index (χ1v) is 7.01. The van der Waals surface area contributed by atoms with Crippen LogP contribution < -0.4 is 5.32 Å². The van der Waals surface area contributed by atoms with E-state index in [4.69, 9.17) is 0 Å². The van der Waals surface area contributed by atoms with Gasteiger partial charge in [0.2, 0.25) is 5.91 Å². The van der Waals surface area contributed by atoms with Crippen LogP contribution in [0.4, 0.5) is 0 Å². The number of rotatable bonds is 2. The van der Waals surface area contributed by atoms with Gasteiger partial charge in [-0.1, -0.05) is 0 Å². The van der Waals surface area contributed by atoms with Gasteiger partial charge in [-0.25, -0.2) is 0 Å². The molecule has 1 unspecified atom stereocenters. The predicted octanol–water partition coefficient (Wildman–Crippen LogP) is 1.87. The highest BCUT2D eigenvalue weighted by Crippen LogP contribution is 2.22. The van der Waals surface area contributed by atoms with Gasteiger partial charge in [0.15, 0.2) is 0 Å². The van der Waals surface area contributed by atoms with Gasteiger partial charge in [-0.15, -0.1) is 11.3 Å². The van der Waals surface area contributed by atoms with Gasteiger partial charge in [-0.3, -0.25) is 4.79 Å². The lowest BCUT2D eigenvalue weighted by atomic mass is 10.2. The van der Waals surface area contributed by atoms with Crippen LogP contribution in [0.5, 0.6) is 0 Å². The third kappa shape index (κ3) is 3.06. The molecule has 1 aromatic heterocycles. The first-order valence-electron chi connectivity index (χ1n) is 5.40. The van der Waals surface area contributed by atoms with Crippen LogP contribution in [0.2, 0.25) is 0 Å². The number of nitrogens with zero attached hydrogens (tertiary/aromatic N) is 1. The summed E-state index contributed by atoms with van der Waals surface area (Å²) in [5, 5.41) is 3.34. The van der Waals surface area contributed by atoms with E-state index in [0.717, 1.165) is 28.3 Å². The van der Waals surface area contributed by atoms with Gasteiger partial charge >= 0.3 is 0 Å². The van der Waals surface area contributed by atoms with Crippen molar-refractivity contribution < 1.29 is 4.79 Å². The van der Waals surface area contributed by atoms with Gasteiger partial charge in [-0.2, -0.15) is 0 Å². The molecule has 1 N–H and O–H groups in total. The summed E-state index contributed by atoms with van der Waals surface area (Å²) in [5.74, 6) is 0.239. The van der Waals surface area contributed by atoms with E-state index < -0.39 is 0 Å². The molecule has 1 aliphatic heterocycles. The molecule has 5 heteroatoms. The number of thiophene rings is 1. The number of piperazine rings is 1. The maximum absolute atomic E-state index is 12.0. The van der Waals surface area contributed by atoms with E-state index >= 15 is 0 Å². The highest BCUT2D eigenvalue weighted by Gasteiger charge is 2.20. The minimum Gasteiger partial charge on any atom is -0.340 e. The number of hydrogen-bond acceptors (Lipinski definition) is 3. The molecule has 1 amide bonds. The molecule has 1 aliphatic rings. The van der Waals surface area contributed by atoms with Crippen molar-refractivity contribution >= 4 is 33.2 Å². The fraction of sp³-hybridized carbons (Fsp3) is 0.545. The third-order valence-electron chi connectivity index (χ3n) is 2.68. The average molecular weight is 303 g/mol. The molecule has 3 nitrogen and oxygen atoms in total. The highest BCUT2D eigenvalue weighted by molar-refractivity contribution is 9.11. The van der Waals surface area contributed by atoms with Crippen molar-refractivity contribution in [3.05, 3.63) is 20.8 Å². The molecule has 16 heavy (non-hydrogen) atoms. The van der Waals surface area contributed by atoms with Crippen molar-refractivity contribution in [2.75, 3.05) is 19.6 Å². The molecule has 0 aliphatic carbocycles. The largest absolute Gasteiger partial charge is 0.340 e. The molecule has 88 valence electrons. The number of nitrogens with one attached hydrogen (secondary N) is 1. The first kappa shape index (κ1) is 12.1. The molecule has 0 radical (unpaired) electrons. The molecule has 1 atom stereocenters. The number of amides is 1. The Bertz CT molecular complexity index is 380. The van der Waals surface area contributed by atoms with Gasteiger partial charge in [0.25, 0.3) is 0 Å². The lowest BCUT2D eigenvalue weighted by Crippen LogP contribution is -2.51. The van der Waals surface area contributed by atoms with E-state index in [1.165, 1.54) is 0 Å². The molecule has 2 rings (SSSR count). The minimum absolute atomic E-state index is 0.239. The molecule has 0 bridgehead atoms. The van der Waals surface area contributed by atoms with Crippen LogP contribution >= 0.6 is 27.3 Å². The molecule has 1 aromatic rings. The molecule has 0 saturated carbocycles. The summed E-state index contributed by atoms with van der Waals surface area (Å²) in [6, 6.07) is 4.42. The van der Waals surface area contributed by atoms with Crippen molar-refractivity contribution in [1.29, 1.82) is 0 Å². The zero-order valence-corrected chi connectivity index (χ0v) is 11.6. The van der Waals surface area contributed by atoms with Crippen molar-refractivity contribution in [3.63, 3.8) is 0 Å². The van der Waals surface area contributed by atoms with Crippen LogP contribution in [0.15, 0.2) is 15.9 Å². The molecule has 1 saturated heterocycles. The van der Waals surface area contributed by atoms with Crippen LogP contribution in [-0.2, 0) is 11.2 Å².